The van der Waals surface area contributed by atoms with E-state index >= 15 is 0 Å². The number of hydrogen-bond donors (Lipinski definition) is 0. The molecular formula is C64H68O11. The topological polar surface area (TPSA) is 102 Å². The summed E-state index contributed by atoms with van der Waals surface area (Å²) in [5.74, 6) is -1.68. The molecule has 75 heavy (non-hydrogen) atoms. The summed E-state index contributed by atoms with van der Waals surface area (Å²) >= 11 is 0. The molecule has 0 bridgehead atoms. The average Bonchev–Trinajstić information content (AvgIpc) is 3.47. The van der Waals surface area contributed by atoms with Crippen LogP contribution in [0.3, 0.4) is 0 Å². The highest BCUT2D eigenvalue weighted by atomic mass is 16.8. The van der Waals surface area contributed by atoms with E-state index in [-0.39, 0.29) is 52.9 Å². The van der Waals surface area contributed by atoms with E-state index < -0.39 is 60.9 Å². The van der Waals surface area contributed by atoms with Crippen LogP contribution >= 0.6 is 0 Å². The normalized spacial score (nSPS) is 24.6. The molecule has 0 saturated carbocycles. The van der Waals surface area contributed by atoms with Gasteiger partial charge in [-0.3, -0.25) is 0 Å². The van der Waals surface area contributed by atoms with Gasteiger partial charge in [-0.25, -0.2) is 0 Å². The molecule has 0 aliphatic carbocycles. The van der Waals surface area contributed by atoms with Crippen LogP contribution in [0.15, 0.2) is 225 Å². The number of benzene rings is 7. The molecule has 7 aromatic carbocycles. The van der Waals surface area contributed by atoms with Gasteiger partial charge in [0, 0.05) is 7.11 Å². The van der Waals surface area contributed by atoms with Gasteiger partial charge < -0.3 is 52.1 Å². The van der Waals surface area contributed by atoms with E-state index in [0.717, 1.165) is 38.9 Å². The van der Waals surface area contributed by atoms with E-state index in [1.165, 1.54) is 0 Å². The van der Waals surface area contributed by atoms with Crippen molar-refractivity contribution in [2.75, 3.05) is 20.3 Å². The van der Waals surface area contributed by atoms with Gasteiger partial charge in [0.25, 0.3) is 0 Å². The van der Waals surface area contributed by atoms with Gasteiger partial charge in [-0.2, -0.15) is 0 Å². The Labute approximate surface area is 441 Å². The standard InChI is InChI=1S/C64H68O11/c1-3-64(73-47-55-57(67-40-49-27-13-5-14-28-49)59(69-42-51-31-17-7-18-32-51)61(63(65-2)74-55)71-44-53-35-21-9-22-36-53)62(72-45-54-37-23-10-24-38-54)60(70-43-52-33-19-8-20-34-52)58(68-41-50-29-15-6-16-30-50)56(75-64)46-66-39-48-25-11-4-12-26-48/h3-38,55-63H,1,39-47H2,2H3/t55-,56-,57-,58+,59+,60+,61-,62-,63+,64+/m1/s1. The second kappa shape index (κ2) is 28.1. The average molecular weight is 1010 g/mol. The lowest BCUT2D eigenvalue weighted by molar-refractivity contribution is -0.377. The van der Waals surface area contributed by atoms with Gasteiger partial charge >= 0.3 is 0 Å². The highest BCUT2D eigenvalue weighted by molar-refractivity contribution is 5.20. The smallest absolute Gasteiger partial charge is 0.217 e. The van der Waals surface area contributed by atoms with Crippen molar-refractivity contribution in [3.05, 3.63) is 264 Å². The first-order valence-electron chi connectivity index (χ1n) is 25.8. The van der Waals surface area contributed by atoms with Gasteiger partial charge in [-0.1, -0.05) is 219 Å². The maximum absolute atomic E-state index is 7.32. The van der Waals surface area contributed by atoms with Crippen LogP contribution in [-0.4, -0.2) is 81.2 Å². The van der Waals surface area contributed by atoms with Crippen molar-refractivity contribution >= 4 is 0 Å². The fourth-order valence-corrected chi connectivity index (χ4v) is 9.49. The third-order valence-corrected chi connectivity index (χ3v) is 13.4. The lowest BCUT2D eigenvalue weighted by atomic mass is 9.91. The first-order chi connectivity index (χ1) is 37.1. The van der Waals surface area contributed by atoms with E-state index in [1.54, 1.807) is 13.2 Å². The molecule has 0 radical (unpaired) electrons. The Hall–Kier alpha value is -6.16. The van der Waals surface area contributed by atoms with E-state index in [9.17, 15) is 0 Å². The Morgan fingerprint density at radius 3 is 1.11 bits per heavy atom. The molecule has 2 saturated heterocycles. The Morgan fingerprint density at radius 2 is 0.720 bits per heavy atom. The van der Waals surface area contributed by atoms with Crippen LogP contribution in [-0.2, 0) is 98.4 Å². The van der Waals surface area contributed by atoms with Gasteiger partial charge in [0.05, 0.1) is 59.5 Å². The number of ether oxygens (including phenoxy) is 11. The fourth-order valence-electron chi connectivity index (χ4n) is 9.49. The molecule has 10 atom stereocenters. The van der Waals surface area contributed by atoms with Crippen LogP contribution in [0.2, 0.25) is 0 Å². The molecule has 0 aromatic heterocycles. The largest absolute Gasteiger partial charge is 0.374 e. The minimum Gasteiger partial charge on any atom is -0.374 e. The highest BCUT2D eigenvalue weighted by Gasteiger charge is 2.58. The van der Waals surface area contributed by atoms with Gasteiger partial charge in [0.2, 0.25) is 5.79 Å². The summed E-state index contributed by atoms with van der Waals surface area (Å²) in [7, 11) is 1.61. The van der Waals surface area contributed by atoms with Crippen molar-refractivity contribution in [3.8, 4) is 0 Å². The monoisotopic (exact) mass is 1010 g/mol. The van der Waals surface area contributed by atoms with Crippen LogP contribution < -0.4 is 0 Å². The zero-order valence-corrected chi connectivity index (χ0v) is 42.5. The third kappa shape index (κ3) is 15.0. The molecule has 0 N–H and O–H groups in total. The van der Waals surface area contributed by atoms with E-state index in [0.29, 0.717) is 6.61 Å². The van der Waals surface area contributed by atoms with Crippen molar-refractivity contribution in [2.45, 2.75) is 107 Å². The van der Waals surface area contributed by atoms with Gasteiger partial charge in [-0.05, 0) is 45.0 Å². The number of methoxy groups -OCH3 is 1. The van der Waals surface area contributed by atoms with Crippen molar-refractivity contribution in [1.29, 1.82) is 0 Å². The van der Waals surface area contributed by atoms with Crippen LogP contribution in [0.4, 0.5) is 0 Å². The summed E-state index contributed by atoms with van der Waals surface area (Å²) in [6.07, 6.45) is -5.46. The SMILES string of the molecule is C=C[C@]1(OC[C@H]2O[C@H](OC)[C@H](OCc3ccccc3)[C@@H](OCc3ccccc3)[C@@H]2OCc2ccccc2)O[C@H](COCc2ccccc2)[C@H](OCc2ccccc2)[C@H](OCc2ccccc2)[C@H]1OCc1ccccc1. The van der Waals surface area contributed by atoms with E-state index in [1.807, 2.05) is 212 Å². The van der Waals surface area contributed by atoms with Crippen molar-refractivity contribution in [3.63, 3.8) is 0 Å². The molecule has 7 aromatic rings. The maximum Gasteiger partial charge on any atom is 0.217 e. The molecule has 11 heteroatoms. The third-order valence-electron chi connectivity index (χ3n) is 13.4. The Morgan fingerprint density at radius 1 is 0.387 bits per heavy atom. The molecular weight excluding hydrogens is 945 g/mol. The molecule has 390 valence electrons. The van der Waals surface area contributed by atoms with Gasteiger partial charge in [0.1, 0.15) is 48.8 Å². The molecule has 2 aliphatic heterocycles. The quantitative estimate of drug-likeness (QED) is 0.0460. The molecule has 11 nitrogen and oxygen atoms in total. The minimum absolute atomic E-state index is 0.0916. The van der Waals surface area contributed by atoms with Crippen LogP contribution in [0.25, 0.3) is 0 Å². The molecule has 0 unspecified atom stereocenters. The van der Waals surface area contributed by atoms with Crippen LogP contribution in [0.5, 0.6) is 0 Å². The Balaban J connectivity index is 1.09. The van der Waals surface area contributed by atoms with Crippen LogP contribution in [0, 0.1) is 0 Å². The predicted octanol–water partition coefficient (Wildman–Crippen LogP) is 11.4. The Kier molecular flexibility index (Phi) is 20.1. The Bertz CT molecular complexity index is 2670. The molecule has 2 heterocycles. The molecule has 0 spiro atoms. The lowest BCUT2D eigenvalue weighted by Gasteiger charge is -2.52. The van der Waals surface area contributed by atoms with Gasteiger partial charge in [0.15, 0.2) is 6.29 Å². The second-order valence-electron chi connectivity index (χ2n) is 18.7. The van der Waals surface area contributed by atoms with Gasteiger partial charge in [-0.15, -0.1) is 0 Å². The summed E-state index contributed by atoms with van der Waals surface area (Å²) in [6.45, 7) is 6.31. The summed E-state index contributed by atoms with van der Waals surface area (Å²) in [5.41, 5.74) is 6.87. The summed E-state index contributed by atoms with van der Waals surface area (Å²) in [4.78, 5) is 0. The second-order valence-corrected chi connectivity index (χ2v) is 18.7. The maximum atomic E-state index is 7.32. The molecule has 2 aliphatic rings. The van der Waals surface area contributed by atoms with E-state index in [2.05, 4.69) is 6.58 Å². The number of rotatable bonds is 27. The van der Waals surface area contributed by atoms with Crippen molar-refractivity contribution in [2.24, 2.45) is 0 Å². The van der Waals surface area contributed by atoms with Crippen LogP contribution in [0.1, 0.15) is 38.9 Å². The summed E-state index contributed by atoms with van der Waals surface area (Å²) in [6, 6.07) is 70.2. The molecule has 9 rings (SSSR count). The summed E-state index contributed by atoms with van der Waals surface area (Å²) < 4.78 is 76.1. The molecule has 2 fully saturated rings. The minimum atomic E-state index is -1.68. The predicted molar refractivity (Wildman–Crippen MR) is 286 cm³/mol. The lowest BCUT2D eigenvalue weighted by Crippen LogP contribution is -2.68. The van der Waals surface area contributed by atoms with Crippen molar-refractivity contribution < 1.29 is 52.1 Å². The first kappa shape index (κ1) is 53.7. The first-order valence-corrected chi connectivity index (χ1v) is 25.8. The van der Waals surface area contributed by atoms with E-state index in [4.69, 9.17) is 52.1 Å². The molecule has 0 amide bonds. The highest BCUT2D eigenvalue weighted by Crippen LogP contribution is 2.40. The summed E-state index contributed by atoms with van der Waals surface area (Å²) in [5, 5.41) is 0. The fraction of sp³-hybridized carbons (Fsp3) is 0.312. The zero-order chi connectivity index (χ0) is 51.3. The number of hydrogen-bond acceptors (Lipinski definition) is 11. The van der Waals surface area contributed by atoms with Crippen molar-refractivity contribution in [1.82, 2.24) is 0 Å². The zero-order valence-electron chi connectivity index (χ0n) is 42.5.